The van der Waals surface area contributed by atoms with Gasteiger partial charge in [-0.25, -0.2) is 4.57 Å². The summed E-state index contributed by atoms with van der Waals surface area (Å²) in [6, 6.07) is 3.98. The number of aryl methyl sites for hydroxylation is 1. The van der Waals surface area contributed by atoms with Crippen LogP contribution in [0.25, 0.3) is 0 Å². The van der Waals surface area contributed by atoms with Gasteiger partial charge in [0, 0.05) is 11.6 Å². The Morgan fingerprint density at radius 3 is 3.00 bits per heavy atom. The number of rotatable bonds is 4. The van der Waals surface area contributed by atoms with E-state index < -0.39 is 0 Å². The minimum atomic E-state index is -0.288. The molecule has 0 amide bonds. The van der Waals surface area contributed by atoms with Crippen LogP contribution in [0, 0.1) is 6.92 Å². The van der Waals surface area contributed by atoms with E-state index in [9.17, 15) is 4.79 Å². The minimum absolute atomic E-state index is 0.216. The maximum Gasteiger partial charge on any atom is 0.326 e. The lowest BCUT2D eigenvalue weighted by atomic mass is 10.3. The molecule has 1 atom stereocenters. The third-order valence-corrected chi connectivity index (χ3v) is 2.58. The van der Waals surface area contributed by atoms with E-state index in [1.165, 1.54) is 5.56 Å². The van der Waals surface area contributed by atoms with Crippen molar-refractivity contribution in [2.24, 2.45) is 0 Å². The van der Waals surface area contributed by atoms with Crippen molar-refractivity contribution >= 4 is 21.9 Å². The van der Waals surface area contributed by atoms with Crippen molar-refractivity contribution in [2.45, 2.75) is 25.2 Å². The standard InChI is InChI=1S/C11H15BrNO2/c1-3-15-11(14)10(12)8-13-6-4-5-9(2)7-13/h4-7,10H,3,8H2,1-2H3/q+1/t10-/m1/s1. The van der Waals surface area contributed by atoms with Gasteiger partial charge in [0.2, 0.25) is 0 Å². The summed E-state index contributed by atoms with van der Waals surface area (Å²) >= 11 is 3.31. The number of hydrogen-bond donors (Lipinski definition) is 0. The maximum atomic E-state index is 11.3. The first kappa shape index (κ1) is 12.2. The van der Waals surface area contributed by atoms with Gasteiger partial charge < -0.3 is 4.74 Å². The molecule has 0 spiro atoms. The quantitative estimate of drug-likeness (QED) is 0.474. The Bertz CT molecular complexity index is 341. The lowest BCUT2D eigenvalue weighted by Gasteiger charge is -2.05. The van der Waals surface area contributed by atoms with Gasteiger partial charge in [0.25, 0.3) is 0 Å². The Labute approximate surface area is 98.2 Å². The molecule has 0 saturated carbocycles. The summed E-state index contributed by atoms with van der Waals surface area (Å²) in [5, 5.41) is 0. The third-order valence-electron chi connectivity index (χ3n) is 1.92. The maximum absolute atomic E-state index is 11.3. The molecule has 1 heterocycles. The Kier molecular flexibility index (Phi) is 4.75. The minimum Gasteiger partial charge on any atom is -0.465 e. The molecule has 3 nitrogen and oxygen atoms in total. The number of aromatic nitrogens is 1. The van der Waals surface area contributed by atoms with Gasteiger partial charge in [-0.3, -0.25) is 4.79 Å². The van der Waals surface area contributed by atoms with Crippen LogP contribution in [-0.2, 0) is 16.1 Å². The van der Waals surface area contributed by atoms with Crippen molar-refractivity contribution in [3.8, 4) is 0 Å². The molecule has 4 heteroatoms. The molecule has 0 aliphatic rings. The predicted molar refractivity (Wildman–Crippen MR) is 60.7 cm³/mol. The zero-order chi connectivity index (χ0) is 11.3. The van der Waals surface area contributed by atoms with E-state index in [1.807, 2.05) is 36.0 Å². The molecule has 0 saturated heterocycles. The topological polar surface area (TPSA) is 30.2 Å². The van der Waals surface area contributed by atoms with Crippen LogP contribution in [0.1, 0.15) is 12.5 Å². The first-order valence-electron chi connectivity index (χ1n) is 4.90. The molecule has 1 aromatic rings. The van der Waals surface area contributed by atoms with Crippen LogP contribution in [-0.4, -0.2) is 17.4 Å². The first-order valence-corrected chi connectivity index (χ1v) is 5.81. The molecular weight excluding hydrogens is 258 g/mol. The van der Waals surface area contributed by atoms with Crippen LogP contribution in [0.5, 0.6) is 0 Å². The fourth-order valence-corrected chi connectivity index (χ4v) is 1.73. The number of halogens is 1. The lowest BCUT2D eigenvalue weighted by molar-refractivity contribution is -0.695. The third kappa shape index (κ3) is 4.00. The number of nitrogens with zero attached hydrogens (tertiary/aromatic N) is 1. The van der Waals surface area contributed by atoms with Gasteiger partial charge in [-0.1, -0.05) is 15.9 Å². The fraction of sp³-hybridized carbons (Fsp3) is 0.455. The molecule has 15 heavy (non-hydrogen) atoms. The van der Waals surface area contributed by atoms with Gasteiger partial charge >= 0.3 is 5.97 Å². The molecule has 1 aromatic heterocycles. The summed E-state index contributed by atoms with van der Waals surface area (Å²) in [5.74, 6) is -0.216. The van der Waals surface area contributed by atoms with Crippen molar-refractivity contribution in [3.63, 3.8) is 0 Å². The Hall–Kier alpha value is -0.900. The van der Waals surface area contributed by atoms with Crippen LogP contribution in [0.3, 0.4) is 0 Å². The van der Waals surface area contributed by atoms with Gasteiger partial charge in [-0.15, -0.1) is 0 Å². The van der Waals surface area contributed by atoms with E-state index >= 15 is 0 Å². The lowest BCUT2D eigenvalue weighted by Crippen LogP contribution is -2.40. The van der Waals surface area contributed by atoms with Crippen molar-refractivity contribution in [3.05, 3.63) is 30.1 Å². The molecule has 0 aromatic carbocycles. The van der Waals surface area contributed by atoms with Gasteiger partial charge in [0.05, 0.1) is 6.61 Å². The number of carbonyl (C=O) groups is 1. The number of ether oxygens (including phenoxy) is 1. The summed E-state index contributed by atoms with van der Waals surface area (Å²) in [7, 11) is 0. The molecule has 0 unspecified atom stereocenters. The second kappa shape index (κ2) is 5.85. The average molecular weight is 273 g/mol. The predicted octanol–water partition coefficient (Wildman–Crippen LogP) is 1.61. The van der Waals surface area contributed by atoms with Crippen molar-refractivity contribution in [1.82, 2.24) is 0 Å². The molecule has 0 fully saturated rings. The second-order valence-electron chi connectivity index (χ2n) is 3.30. The number of pyridine rings is 1. The molecule has 0 aliphatic carbocycles. The number of hydrogen-bond acceptors (Lipinski definition) is 2. The van der Waals surface area contributed by atoms with Crippen LogP contribution in [0.15, 0.2) is 24.5 Å². The second-order valence-corrected chi connectivity index (χ2v) is 4.40. The molecule has 0 aliphatic heterocycles. The van der Waals surface area contributed by atoms with E-state index in [0.717, 1.165) is 0 Å². The van der Waals surface area contributed by atoms with Gasteiger partial charge in [-0.05, 0) is 19.9 Å². The van der Waals surface area contributed by atoms with Gasteiger partial charge in [0.15, 0.2) is 23.8 Å². The summed E-state index contributed by atoms with van der Waals surface area (Å²) in [4.78, 5) is 11.1. The number of carbonyl (C=O) groups excluding carboxylic acids is 1. The van der Waals surface area contributed by atoms with Crippen LogP contribution in [0.4, 0.5) is 0 Å². The first-order chi connectivity index (χ1) is 7.13. The smallest absolute Gasteiger partial charge is 0.326 e. The number of alkyl halides is 1. The van der Waals surface area contributed by atoms with E-state index in [2.05, 4.69) is 15.9 Å². The number of esters is 1. The summed E-state index contributed by atoms with van der Waals surface area (Å²) in [6.45, 7) is 4.82. The van der Waals surface area contributed by atoms with Gasteiger partial charge in [-0.2, -0.15) is 0 Å². The fourth-order valence-electron chi connectivity index (χ4n) is 1.26. The monoisotopic (exact) mass is 272 g/mol. The summed E-state index contributed by atoms with van der Waals surface area (Å²) < 4.78 is 6.87. The summed E-state index contributed by atoms with van der Waals surface area (Å²) in [5.41, 5.74) is 1.17. The van der Waals surface area contributed by atoms with E-state index in [4.69, 9.17) is 4.74 Å². The van der Waals surface area contributed by atoms with E-state index in [-0.39, 0.29) is 10.8 Å². The molecule has 1 rings (SSSR count). The van der Waals surface area contributed by atoms with Crippen LogP contribution >= 0.6 is 15.9 Å². The molecule has 0 N–H and O–H groups in total. The van der Waals surface area contributed by atoms with Crippen molar-refractivity contribution in [2.75, 3.05) is 6.61 Å². The highest BCUT2D eigenvalue weighted by Gasteiger charge is 2.20. The highest BCUT2D eigenvalue weighted by Crippen LogP contribution is 2.02. The summed E-state index contributed by atoms with van der Waals surface area (Å²) in [6.07, 6.45) is 3.92. The van der Waals surface area contributed by atoms with E-state index in [0.29, 0.717) is 13.2 Å². The average Bonchev–Trinajstić information content (AvgIpc) is 2.18. The van der Waals surface area contributed by atoms with E-state index in [1.54, 1.807) is 6.92 Å². The zero-order valence-electron chi connectivity index (χ0n) is 8.94. The molecule has 0 bridgehead atoms. The Morgan fingerprint density at radius 1 is 1.67 bits per heavy atom. The molecule has 82 valence electrons. The normalized spacial score (nSPS) is 12.2. The van der Waals surface area contributed by atoms with Crippen LogP contribution in [0.2, 0.25) is 0 Å². The van der Waals surface area contributed by atoms with Crippen LogP contribution < -0.4 is 4.57 Å². The van der Waals surface area contributed by atoms with Crippen molar-refractivity contribution in [1.29, 1.82) is 0 Å². The Balaban J connectivity index is 2.58. The van der Waals surface area contributed by atoms with Crippen molar-refractivity contribution < 1.29 is 14.1 Å². The molecule has 0 radical (unpaired) electrons. The zero-order valence-corrected chi connectivity index (χ0v) is 10.5. The Morgan fingerprint density at radius 2 is 2.40 bits per heavy atom. The SMILES string of the molecule is CCOC(=O)[C@H](Br)C[n+]1cccc(C)c1. The molecular formula is C11H15BrNO2+. The highest BCUT2D eigenvalue weighted by molar-refractivity contribution is 9.10. The highest BCUT2D eigenvalue weighted by atomic mass is 79.9. The van der Waals surface area contributed by atoms with Gasteiger partial charge in [0.1, 0.15) is 0 Å². The largest absolute Gasteiger partial charge is 0.465 e.